The van der Waals surface area contributed by atoms with Crippen molar-refractivity contribution in [1.82, 2.24) is 14.2 Å². The Bertz CT molecular complexity index is 737. The van der Waals surface area contributed by atoms with E-state index in [1.807, 2.05) is 6.07 Å². The first-order chi connectivity index (χ1) is 11.3. The average Bonchev–Trinajstić information content (AvgIpc) is 2.50. The highest BCUT2D eigenvalue weighted by atomic mass is 32.2. The lowest BCUT2D eigenvalue weighted by Crippen LogP contribution is -2.46. The summed E-state index contributed by atoms with van der Waals surface area (Å²) in [6.07, 6.45) is 4.20. The zero-order valence-electron chi connectivity index (χ0n) is 13.9. The number of nitrogens with one attached hydrogen (secondary N) is 1. The molecule has 0 atom stereocenters. The SMILES string of the molecule is Cn1ccc(CSCC(=O)NC2CCN(S(C)(=O)=O)CC2)cc1=O. The van der Waals surface area contributed by atoms with Crippen molar-refractivity contribution in [2.75, 3.05) is 25.1 Å². The van der Waals surface area contributed by atoms with Crippen LogP contribution < -0.4 is 10.9 Å². The van der Waals surface area contributed by atoms with Gasteiger partial charge in [0.25, 0.3) is 5.56 Å². The standard InChI is InChI=1S/C15H23N3O4S2/c1-17-6-3-12(9-15(17)20)10-23-11-14(19)16-13-4-7-18(8-5-13)24(2,21)22/h3,6,9,13H,4-5,7-8,10-11H2,1-2H3,(H,16,19). The van der Waals surface area contributed by atoms with Crippen LogP contribution in [0.1, 0.15) is 18.4 Å². The number of amides is 1. The van der Waals surface area contributed by atoms with E-state index in [0.717, 1.165) is 5.56 Å². The molecule has 1 saturated heterocycles. The van der Waals surface area contributed by atoms with E-state index >= 15 is 0 Å². The van der Waals surface area contributed by atoms with Crippen molar-refractivity contribution >= 4 is 27.7 Å². The van der Waals surface area contributed by atoms with Gasteiger partial charge in [-0.2, -0.15) is 0 Å². The number of nitrogens with zero attached hydrogens (tertiary/aromatic N) is 2. The fraction of sp³-hybridized carbons (Fsp3) is 0.600. The molecule has 1 aliphatic heterocycles. The highest BCUT2D eigenvalue weighted by Gasteiger charge is 2.25. The number of thioether (sulfide) groups is 1. The highest BCUT2D eigenvalue weighted by molar-refractivity contribution is 7.99. The van der Waals surface area contributed by atoms with Gasteiger partial charge in [0.15, 0.2) is 0 Å². The van der Waals surface area contributed by atoms with Crippen LogP contribution in [0.3, 0.4) is 0 Å². The molecule has 1 N–H and O–H groups in total. The maximum absolute atomic E-state index is 12.0. The van der Waals surface area contributed by atoms with Gasteiger partial charge in [0.2, 0.25) is 15.9 Å². The summed E-state index contributed by atoms with van der Waals surface area (Å²) in [6, 6.07) is 3.47. The second-order valence-electron chi connectivity index (χ2n) is 5.98. The van der Waals surface area contributed by atoms with Gasteiger partial charge < -0.3 is 9.88 Å². The molecule has 2 rings (SSSR count). The Morgan fingerprint density at radius 2 is 2.04 bits per heavy atom. The molecule has 1 fully saturated rings. The molecule has 1 aromatic heterocycles. The Kier molecular flexibility index (Phi) is 6.47. The zero-order chi connectivity index (χ0) is 17.7. The van der Waals surface area contributed by atoms with Gasteiger partial charge in [-0.05, 0) is 24.5 Å². The summed E-state index contributed by atoms with van der Waals surface area (Å²) in [5.74, 6) is 0.874. The molecule has 1 aliphatic rings. The normalized spacial score (nSPS) is 16.9. The molecule has 0 unspecified atom stereocenters. The van der Waals surface area contributed by atoms with Crippen molar-refractivity contribution in [3.63, 3.8) is 0 Å². The van der Waals surface area contributed by atoms with E-state index in [1.54, 1.807) is 19.3 Å². The van der Waals surface area contributed by atoms with Crippen LogP contribution in [0, 0.1) is 0 Å². The number of pyridine rings is 1. The smallest absolute Gasteiger partial charge is 0.250 e. The predicted molar refractivity (Wildman–Crippen MR) is 95.4 cm³/mol. The molecule has 0 saturated carbocycles. The van der Waals surface area contributed by atoms with Crippen LogP contribution in [-0.2, 0) is 27.6 Å². The van der Waals surface area contributed by atoms with Gasteiger partial charge in [0.1, 0.15) is 0 Å². The minimum atomic E-state index is -3.14. The third-order valence-electron chi connectivity index (χ3n) is 3.96. The molecule has 1 aromatic rings. The van der Waals surface area contributed by atoms with Crippen molar-refractivity contribution in [2.45, 2.75) is 24.6 Å². The molecule has 0 radical (unpaired) electrons. The van der Waals surface area contributed by atoms with Crippen LogP contribution in [0.5, 0.6) is 0 Å². The highest BCUT2D eigenvalue weighted by Crippen LogP contribution is 2.14. The molecular formula is C15H23N3O4S2. The van der Waals surface area contributed by atoms with Crippen LogP contribution in [0.2, 0.25) is 0 Å². The van der Waals surface area contributed by atoms with Gasteiger partial charge in [0, 0.05) is 44.2 Å². The van der Waals surface area contributed by atoms with Crippen molar-refractivity contribution in [2.24, 2.45) is 7.05 Å². The van der Waals surface area contributed by atoms with E-state index in [4.69, 9.17) is 0 Å². The Balaban J connectivity index is 1.70. The minimum Gasteiger partial charge on any atom is -0.353 e. The van der Waals surface area contributed by atoms with E-state index in [0.29, 0.717) is 37.4 Å². The summed E-state index contributed by atoms with van der Waals surface area (Å²) in [4.78, 5) is 23.5. The van der Waals surface area contributed by atoms with Crippen LogP contribution in [0.15, 0.2) is 23.1 Å². The molecule has 0 aromatic carbocycles. The van der Waals surface area contributed by atoms with Crippen LogP contribution in [-0.4, -0.2) is 54.3 Å². The Morgan fingerprint density at radius 1 is 1.38 bits per heavy atom. The number of carbonyl (C=O) groups excluding carboxylic acids is 1. The first-order valence-corrected chi connectivity index (χ1v) is 10.7. The lowest BCUT2D eigenvalue weighted by atomic mass is 10.1. The molecule has 1 amide bonds. The Hall–Kier alpha value is -1.32. The number of rotatable bonds is 6. The third-order valence-corrected chi connectivity index (χ3v) is 6.27. The van der Waals surface area contributed by atoms with E-state index in [9.17, 15) is 18.0 Å². The molecule has 0 bridgehead atoms. The van der Waals surface area contributed by atoms with Crippen LogP contribution >= 0.6 is 11.8 Å². The lowest BCUT2D eigenvalue weighted by Gasteiger charge is -2.30. The monoisotopic (exact) mass is 373 g/mol. The average molecular weight is 374 g/mol. The summed E-state index contributed by atoms with van der Waals surface area (Å²) in [5, 5.41) is 2.95. The first-order valence-electron chi connectivity index (χ1n) is 7.73. The summed E-state index contributed by atoms with van der Waals surface area (Å²) in [7, 11) is -1.44. The van der Waals surface area contributed by atoms with Gasteiger partial charge >= 0.3 is 0 Å². The zero-order valence-corrected chi connectivity index (χ0v) is 15.5. The molecule has 9 heteroatoms. The van der Waals surface area contributed by atoms with Crippen molar-refractivity contribution in [3.8, 4) is 0 Å². The minimum absolute atomic E-state index is 0.0279. The van der Waals surface area contributed by atoms with Gasteiger partial charge in [-0.25, -0.2) is 12.7 Å². The van der Waals surface area contributed by atoms with Gasteiger partial charge in [-0.3, -0.25) is 9.59 Å². The van der Waals surface area contributed by atoms with E-state index in [1.165, 1.54) is 26.9 Å². The number of sulfonamides is 1. The second kappa shape index (κ2) is 8.17. The van der Waals surface area contributed by atoms with Crippen molar-refractivity contribution in [3.05, 3.63) is 34.2 Å². The largest absolute Gasteiger partial charge is 0.353 e. The lowest BCUT2D eigenvalue weighted by molar-refractivity contribution is -0.119. The number of hydrogen-bond acceptors (Lipinski definition) is 5. The molecule has 0 spiro atoms. The Labute approximate surface area is 146 Å². The number of carbonyl (C=O) groups is 1. The quantitative estimate of drug-likeness (QED) is 0.767. The molecule has 24 heavy (non-hydrogen) atoms. The van der Waals surface area contributed by atoms with E-state index in [2.05, 4.69) is 5.32 Å². The van der Waals surface area contributed by atoms with Crippen LogP contribution in [0.4, 0.5) is 0 Å². The van der Waals surface area contributed by atoms with Gasteiger partial charge in [-0.1, -0.05) is 0 Å². The number of hydrogen-bond donors (Lipinski definition) is 1. The number of aromatic nitrogens is 1. The maximum Gasteiger partial charge on any atom is 0.250 e. The Morgan fingerprint density at radius 3 is 2.62 bits per heavy atom. The van der Waals surface area contributed by atoms with E-state index < -0.39 is 10.0 Å². The third kappa shape index (κ3) is 5.64. The molecule has 7 nitrogen and oxygen atoms in total. The van der Waals surface area contributed by atoms with Gasteiger partial charge in [0.05, 0.1) is 12.0 Å². The fourth-order valence-electron chi connectivity index (χ4n) is 2.54. The second-order valence-corrected chi connectivity index (χ2v) is 8.95. The van der Waals surface area contributed by atoms with Crippen molar-refractivity contribution in [1.29, 1.82) is 0 Å². The van der Waals surface area contributed by atoms with Gasteiger partial charge in [-0.15, -0.1) is 11.8 Å². The summed E-state index contributed by atoms with van der Waals surface area (Å²) in [6.45, 7) is 0.897. The van der Waals surface area contributed by atoms with Crippen molar-refractivity contribution < 1.29 is 13.2 Å². The number of aryl methyl sites for hydroxylation is 1. The molecule has 2 heterocycles. The summed E-state index contributed by atoms with van der Waals surface area (Å²) >= 11 is 1.46. The van der Waals surface area contributed by atoms with E-state index in [-0.39, 0.29) is 17.5 Å². The number of piperidine rings is 1. The molecular weight excluding hydrogens is 350 g/mol. The fourth-order valence-corrected chi connectivity index (χ4v) is 4.20. The maximum atomic E-state index is 12.0. The molecule has 0 aliphatic carbocycles. The predicted octanol–water partition coefficient (Wildman–Crippen LogP) is 0.159. The van der Waals surface area contributed by atoms with Crippen LogP contribution in [0.25, 0.3) is 0 Å². The first kappa shape index (κ1) is 19.0. The molecule has 134 valence electrons. The summed E-state index contributed by atoms with van der Waals surface area (Å²) in [5.41, 5.74) is 0.840. The topological polar surface area (TPSA) is 88.5 Å². The summed E-state index contributed by atoms with van der Waals surface area (Å²) < 4.78 is 25.8.